The SMILES string of the molecule is Cc1ccc(N2CC(CC#N)OC2=O)c(Br)c1. The van der Waals surface area contributed by atoms with Gasteiger partial charge in [0.15, 0.2) is 0 Å². The zero-order valence-corrected chi connectivity index (χ0v) is 10.9. The van der Waals surface area contributed by atoms with E-state index in [1.165, 1.54) is 0 Å². The first-order valence-electron chi connectivity index (χ1n) is 5.23. The van der Waals surface area contributed by atoms with Gasteiger partial charge in [-0.05, 0) is 40.5 Å². The van der Waals surface area contributed by atoms with E-state index in [0.717, 1.165) is 15.7 Å². The molecule has 88 valence electrons. The van der Waals surface area contributed by atoms with Crippen LogP contribution in [0.2, 0.25) is 0 Å². The minimum absolute atomic E-state index is 0.228. The van der Waals surface area contributed by atoms with Crippen LogP contribution >= 0.6 is 15.9 Å². The summed E-state index contributed by atoms with van der Waals surface area (Å²) in [5.74, 6) is 0. The highest BCUT2D eigenvalue weighted by Gasteiger charge is 2.32. The summed E-state index contributed by atoms with van der Waals surface area (Å²) in [5.41, 5.74) is 1.89. The summed E-state index contributed by atoms with van der Waals surface area (Å²) in [7, 11) is 0. The third-order valence-corrected chi connectivity index (χ3v) is 3.22. The zero-order valence-electron chi connectivity index (χ0n) is 9.31. The maximum atomic E-state index is 11.7. The van der Waals surface area contributed by atoms with E-state index in [0.29, 0.717) is 6.54 Å². The second-order valence-electron chi connectivity index (χ2n) is 3.93. The van der Waals surface area contributed by atoms with Crippen molar-refractivity contribution in [3.8, 4) is 6.07 Å². The number of nitriles is 1. The lowest BCUT2D eigenvalue weighted by molar-refractivity contribution is 0.143. The molecule has 0 bridgehead atoms. The molecule has 4 nitrogen and oxygen atoms in total. The molecule has 1 saturated heterocycles. The highest BCUT2D eigenvalue weighted by Crippen LogP contribution is 2.30. The molecule has 1 aliphatic rings. The number of benzene rings is 1. The van der Waals surface area contributed by atoms with Crippen molar-refractivity contribution in [3.63, 3.8) is 0 Å². The van der Waals surface area contributed by atoms with Crippen molar-refractivity contribution in [3.05, 3.63) is 28.2 Å². The van der Waals surface area contributed by atoms with Gasteiger partial charge in [-0.3, -0.25) is 4.90 Å². The standard InChI is InChI=1S/C12H11BrN2O2/c1-8-2-3-11(10(13)6-8)15-7-9(4-5-14)17-12(15)16/h2-3,6,9H,4,7H2,1H3. The lowest BCUT2D eigenvalue weighted by Gasteiger charge is -2.15. The predicted octanol–water partition coefficient (Wildman–Crippen LogP) is 3.00. The summed E-state index contributed by atoms with van der Waals surface area (Å²) >= 11 is 3.43. The van der Waals surface area contributed by atoms with Gasteiger partial charge in [0, 0.05) is 4.47 Å². The molecule has 1 heterocycles. The van der Waals surface area contributed by atoms with Gasteiger partial charge in [0.1, 0.15) is 6.10 Å². The van der Waals surface area contributed by atoms with Crippen LogP contribution in [0, 0.1) is 18.3 Å². The van der Waals surface area contributed by atoms with E-state index in [9.17, 15) is 4.79 Å². The number of ether oxygens (including phenoxy) is 1. The Labute approximate surface area is 108 Å². The van der Waals surface area contributed by atoms with E-state index in [1.54, 1.807) is 4.90 Å². The van der Waals surface area contributed by atoms with Gasteiger partial charge in [-0.15, -0.1) is 0 Å². The maximum Gasteiger partial charge on any atom is 0.414 e. The molecule has 1 aromatic rings. The molecule has 2 rings (SSSR count). The predicted molar refractivity (Wildman–Crippen MR) is 66.7 cm³/mol. The number of aryl methyl sites for hydroxylation is 1. The number of hydrogen-bond donors (Lipinski definition) is 0. The van der Waals surface area contributed by atoms with Gasteiger partial charge in [0.2, 0.25) is 0 Å². The number of carbonyl (C=O) groups is 1. The third-order valence-electron chi connectivity index (χ3n) is 2.59. The number of hydrogen-bond acceptors (Lipinski definition) is 3. The average molecular weight is 295 g/mol. The van der Waals surface area contributed by atoms with Gasteiger partial charge in [-0.1, -0.05) is 6.07 Å². The smallest absolute Gasteiger partial charge is 0.414 e. The van der Waals surface area contributed by atoms with Crippen LogP contribution in [0.25, 0.3) is 0 Å². The highest BCUT2D eigenvalue weighted by molar-refractivity contribution is 9.10. The molecule has 0 spiro atoms. The van der Waals surface area contributed by atoms with Crippen LogP contribution in [0.15, 0.2) is 22.7 Å². The van der Waals surface area contributed by atoms with E-state index in [4.69, 9.17) is 10.00 Å². The van der Waals surface area contributed by atoms with E-state index >= 15 is 0 Å². The Morgan fingerprint density at radius 2 is 2.41 bits per heavy atom. The van der Waals surface area contributed by atoms with E-state index in [-0.39, 0.29) is 12.5 Å². The van der Waals surface area contributed by atoms with Crippen LogP contribution in [0.1, 0.15) is 12.0 Å². The molecule has 5 heteroatoms. The number of cyclic esters (lactones) is 1. The van der Waals surface area contributed by atoms with Crippen molar-refractivity contribution >= 4 is 27.7 Å². The Morgan fingerprint density at radius 3 is 3.06 bits per heavy atom. The first kappa shape index (κ1) is 11.9. The molecule has 1 unspecified atom stereocenters. The van der Waals surface area contributed by atoms with Crippen molar-refractivity contribution < 1.29 is 9.53 Å². The fourth-order valence-electron chi connectivity index (χ4n) is 1.76. The number of amides is 1. The minimum atomic E-state index is -0.394. The highest BCUT2D eigenvalue weighted by atomic mass is 79.9. The summed E-state index contributed by atoms with van der Waals surface area (Å²) in [4.78, 5) is 13.2. The second-order valence-corrected chi connectivity index (χ2v) is 4.79. The van der Waals surface area contributed by atoms with E-state index in [1.807, 2.05) is 31.2 Å². The Morgan fingerprint density at radius 1 is 1.65 bits per heavy atom. The molecule has 0 N–H and O–H groups in total. The molecule has 0 saturated carbocycles. The number of halogens is 1. The Bertz CT molecular complexity index is 496. The number of rotatable bonds is 2. The summed E-state index contributed by atoms with van der Waals surface area (Å²) in [5, 5.41) is 8.59. The lowest BCUT2D eigenvalue weighted by Crippen LogP contribution is -2.24. The largest absolute Gasteiger partial charge is 0.443 e. The summed E-state index contributed by atoms with van der Waals surface area (Å²) in [6.07, 6.45) is -0.498. The molecular formula is C12H11BrN2O2. The van der Waals surface area contributed by atoms with Crippen molar-refractivity contribution in [2.24, 2.45) is 0 Å². The van der Waals surface area contributed by atoms with Gasteiger partial charge in [-0.2, -0.15) is 5.26 Å². The summed E-state index contributed by atoms with van der Waals surface area (Å²) in [6.45, 7) is 2.41. The quantitative estimate of drug-likeness (QED) is 0.842. The van der Waals surface area contributed by atoms with E-state index in [2.05, 4.69) is 15.9 Å². The second kappa shape index (κ2) is 4.76. The van der Waals surface area contributed by atoms with Crippen LogP contribution in [0.3, 0.4) is 0 Å². The Kier molecular flexibility index (Phi) is 3.34. The van der Waals surface area contributed by atoms with Gasteiger partial charge >= 0.3 is 6.09 Å². The van der Waals surface area contributed by atoms with Crippen molar-refractivity contribution in [2.45, 2.75) is 19.4 Å². The third kappa shape index (κ3) is 2.42. The zero-order chi connectivity index (χ0) is 12.4. The fraction of sp³-hybridized carbons (Fsp3) is 0.333. The van der Waals surface area contributed by atoms with Crippen LogP contribution in [-0.2, 0) is 4.74 Å². The molecule has 1 fully saturated rings. The Hall–Kier alpha value is -1.54. The molecule has 0 aromatic heterocycles. The monoisotopic (exact) mass is 294 g/mol. The van der Waals surface area contributed by atoms with Crippen LogP contribution in [-0.4, -0.2) is 18.7 Å². The van der Waals surface area contributed by atoms with Crippen LogP contribution in [0.5, 0.6) is 0 Å². The molecule has 1 aromatic carbocycles. The van der Waals surface area contributed by atoms with Gasteiger partial charge < -0.3 is 4.74 Å². The van der Waals surface area contributed by atoms with Gasteiger partial charge in [0.05, 0.1) is 24.7 Å². The number of nitrogens with zero attached hydrogens (tertiary/aromatic N) is 2. The lowest BCUT2D eigenvalue weighted by atomic mass is 10.2. The number of carbonyl (C=O) groups excluding carboxylic acids is 1. The summed E-state index contributed by atoms with van der Waals surface area (Å²) in [6, 6.07) is 7.76. The fourth-order valence-corrected chi connectivity index (χ4v) is 2.46. The molecule has 1 amide bonds. The topological polar surface area (TPSA) is 53.3 Å². The average Bonchev–Trinajstić information content (AvgIpc) is 2.60. The van der Waals surface area contributed by atoms with Crippen molar-refractivity contribution in [2.75, 3.05) is 11.4 Å². The summed E-state index contributed by atoms with van der Waals surface area (Å²) < 4.78 is 5.95. The first-order valence-corrected chi connectivity index (χ1v) is 6.02. The van der Waals surface area contributed by atoms with Crippen molar-refractivity contribution in [1.82, 2.24) is 0 Å². The van der Waals surface area contributed by atoms with Crippen LogP contribution < -0.4 is 4.90 Å². The first-order chi connectivity index (χ1) is 8.11. The Balaban J connectivity index is 2.23. The molecular weight excluding hydrogens is 284 g/mol. The van der Waals surface area contributed by atoms with Gasteiger partial charge in [0.25, 0.3) is 0 Å². The van der Waals surface area contributed by atoms with E-state index < -0.39 is 6.09 Å². The maximum absolute atomic E-state index is 11.7. The number of anilines is 1. The normalized spacial score (nSPS) is 19.0. The molecule has 17 heavy (non-hydrogen) atoms. The molecule has 0 radical (unpaired) electrons. The van der Waals surface area contributed by atoms with Crippen LogP contribution in [0.4, 0.5) is 10.5 Å². The molecule has 1 aliphatic heterocycles. The van der Waals surface area contributed by atoms with Gasteiger partial charge in [-0.25, -0.2) is 4.79 Å². The van der Waals surface area contributed by atoms with Crippen molar-refractivity contribution in [1.29, 1.82) is 5.26 Å². The minimum Gasteiger partial charge on any atom is -0.443 e. The molecule has 1 atom stereocenters. The molecule has 0 aliphatic carbocycles.